The molecule has 1 aliphatic rings. The van der Waals surface area contributed by atoms with E-state index in [0.717, 1.165) is 54.4 Å². The number of para-hydroxylation sites is 1. The fourth-order valence-corrected chi connectivity index (χ4v) is 4.04. The molecule has 0 N–H and O–H groups in total. The Morgan fingerprint density at radius 1 is 1.00 bits per heavy atom. The number of ether oxygens (including phenoxy) is 1. The van der Waals surface area contributed by atoms with Crippen LogP contribution >= 0.6 is 0 Å². The number of hydrogen-bond donors (Lipinski definition) is 0. The van der Waals surface area contributed by atoms with Gasteiger partial charge in [0.2, 0.25) is 0 Å². The topological polar surface area (TPSA) is 102 Å². The first kappa shape index (κ1) is 19.7. The zero-order valence-electron chi connectivity index (χ0n) is 17.5. The van der Waals surface area contributed by atoms with E-state index in [4.69, 9.17) is 4.74 Å². The number of benzene rings is 2. The molecule has 0 spiro atoms. The van der Waals surface area contributed by atoms with E-state index in [1.165, 1.54) is 19.2 Å². The molecule has 2 aromatic carbocycles. The van der Waals surface area contributed by atoms with Crippen molar-refractivity contribution in [3.8, 4) is 11.4 Å². The highest BCUT2D eigenvalue weighted by atomic mass is 16.6. The van der Waals surface area contributed by atoms with Crippen LogP contribution in [0.5, 0.6) is 5.75 Å². The molecule has 4 aromatic rings. The average molecular weight is 431 g/mol. The molecule has 0 unspecified atom stereocenters. The van der Waals surface area contributed by atoms with Gasteiger partial charge in [-0.25, -0.2) is 14.6 Å². The van der Waals surface area contributed by atoms with Crippen molar-refractivity contribution in [1.82, 2.24) is 19.7 Å². The van der Waals surface area contributed by atoms with Crippen LogP contribution < -0.4 is 14.5 Å². The quantitative estimate of drug-likeness (QED) is 0.351. The molecule has 2 aromatic heterocycles. The molecular formula is C22H21N7O3. The zero-order valence-corrected chi connectivity index (χ0v) is 17.5. The summed E-state index contributed by atoms with van der Waals surface area (Å²) in [5.74, 6) is 1.36. The van der Waals surface area contributed by atoms with Gasteiger partial charge in [-0.2, -0.15) is 5.10 Å². The van der Waals surface area contributed by atoms with E-state index in [0.29, 0.717) is 5.75 Å². The van der Waals surface area contributed by atoms with Gasteiger partial charge in [-0.3, -0.25) is 10.1 Å². The van der Waals surface area contributed by atoms with Gasteiger partial charge in [-0.15, -0.1) is 0 Å². The fraction of sp³-hybridized carbons (Fsp3) is 0.227. The molecule has 0 saturated carbocycles. The van der Waals surface area contributed by atoms with Crippen LogP contribution in [0.2, 0.25) is 0 Å². The van der Waals surface area contributed by atoms with E-state index in [1.54, 1.807) is 12.4 Å². The molecule has 0 radical (unpaired) electrons. The Labute approximate surface area is 183 Å². The predicted octanol–water partition coefficient (Wildman–Crippen LogP) is 3.06. The third kappa shape index (κ3) is 3.45. The smallest absolute Gasteiger partial charge is 0.273 e. The molecule has 32 heavy (non-hydrogen) atoms. The summed E-state index contributed by atoms with van der Waals surface area (Å²) in [4.78, 5) is 24.0. The standard InChI is InChI=1S/C22H21N7O3/c1-32-20-13-17(29(30)31)7-8-19(20)26-9-11-27(12-10-26)21-18-14-25-28(22(18)24-15-23-21)16-5-3-2-4-6-16/h2-8,13-15H,9-12H2,1H3. The first-order chi connectivity index (χ1) is 15.7. The van der Waals surface area contributed by atoms with Gasteiger partial charge in [0.15, 0.2) is 5.65 Å². The van der Waals surface area contributed by atoms with Crippen LogP contribution in [0.4, 0.5) is 17.2 Å². The maximum Gasteiger partial charge on any atom is 0.273 e. The number of piperazine rings is 1. The lowest BCUT2D eigenvalue weighted by molar-refractivity contribution is -0.384. The number of hydrogen-bond acceptors (Lipinski definition) is 8. The summed E-state index contributed by atoms with van der Waals surface area (Å²) in [6.07, 6.45) is 3.38. The van der Waals surface area contributed by atoms with E-state index in [2.05, 4.69) is 24.9 Å². The number of nitro groups is 1. The van der Waals surface area contributed by atoms with Crippen molar-refractivity contribution in [3.05, 3.63) is 71.2 Å². The first-order valence-electron chi connectivity index (χ1n) is 10.2. The number of rotatable bonds is 5. The zero-order chi connectivity index (χ0) is 22.1. The highest BCUT2D eigenvalue weighted by Crippen LogP contribution is 2.33. The third-order valence-electron chi connectivity index (χ3n) is 5.64. The summed E-state index contributed by atoms with van der Waals surface area (Å²) < 4.78 is 7.23. The van der Waals surface area contributed by atoms with Gasteiger partial charge in [-0.1, -0.05) is 18.2 Å². The summed E-state index contributed by atoms with van der Waals surface area (Å²) in [7, 11) is 1.53. The molecule has 0 bridgehead atoms. The van der Waals surface area contributed by atoms with Crippen molar-refractivity contribution in [2.24, 2.45) is 0 Å². The summed E-state index contributed by atoms with van der Waals surface area (Å²) >= 11 is 0. The molecule has 162 valence electrons. The molecule has 1 aliphatic heterocycles. The van der Waals surface area contributed by atoms with Crippen LogP contribution in [0.25, 0.3) is 16.7 Å². The number of aromatic nitrogens is 4. The highest BCUT2D eigenvalue weighted by molar-refractivity contribution is 5.87. The maximum absolute atomic E-state index is 11.1. The summed E-state index contributed by atoms with van der Waals surface area (Å²) in [5, 5.41) is 16.5. The second kappa shape index (κ2) is 8.14. The number of nitro benzene ring substituents is 1. The second-order valence-corrected chi connectivity index (χ2v) is 7.41. The molecule has 1 fully saturated rings. The first-order valence-corrected chi connectivity index (χ1v) is 10.2. The Balaban J connectivity index is 1.38. The van der Waals surface area contributed by atoms with Crippen molar-refractivity contribution in [3.63, 3.8) is 0 Å². The molecule has 0 atom stereocenters. The van der Waals surface area contributed by atoms with Crippen LogP contribution in [0, 0.1) is 10.1 Å². The summed E-state index contributed by atoms with van der Waals surface area (Å²) in [6, 6.07) is 14.6. The maximum atomic E-state index is 11.1. The van der Waals surface area contributed by atoms with Crippen LogP contribution in [0.3, 0.4) is 0 Å². The normalized spacial score (nSPS) is 14.0. The SMILES string of the molecule is COc1cc([N+](=O)[O-])ccc1N1CCN(c2ncnc3c2cnn3-c2ccccc2)CC1. The van der Waals surface area contributed by atoms with Crippen LogP contribution in [-0.4, -0.2) is 58.0 Å². The minimum atomic E-state index is -0.416. The van der Waals surface area contributed by atoms with Gasteiger partial charge in [0.25, 0.3) is 5.69 Å². The van der Waals surface area contributed by atoms with Crippen LogP contribution in [0.1, 0.15) is 0 Å². The summed E-state index contributed by atoms with van der Waals surface area (Å²) in [6.45, 7) is 2.94. The minimum absolute atomic E-state index is 0.0167. The monoisotopic (exact) mass is 431 g/mol. The Morgan fingerprint density at radius 3 is 2.47 bits per heavy atom. The highest BCUT2D eigenvalue weighted by Gasteiger charge is 2.24. The van der Waals surface area contributed by atoms with E-state index < -0.39 is 4.92 Å². The number of fused-ring (bicyclic) bond motifs is 1. The predicted molar refractivity (Wildman–Crippen MR) is 121 cm³/mol. The van der Waals surface area contributed by atoms with Gasteiger partial charge in [0.1, 0.15) is 17.9 Å². The number of non-ortho nitro benzene ring substituents is 1. The number of anilines is 2. The van der Waals surface area contributed by atoms with Gasteiger partial charge >= 0.3 is 0 Å². The van der Waals surface area contributed by atoms with E-state index in [9.17, 15) is 10.1 Å². The average Bonchev–Trinajstić information content (AvgIpc) is 3.28. The molecule has 3 heterocycles. The van der Waals surface area contributed by atoms with Crippen molar-refractivity contribution in [2.45, 2.75) is 0 Å². The van der Waals surface area contributed by atoms with E-state index in [-0.39, 0.29) is 5.69 Å². The molecular weight excluding hydrogens is 410 g/mol. The second-order valence-electron chi connectivity index (χ2n) is 7.41. The fourth-order valence-electron chi connectivity index (χ4n) is 4.04. The molecule has 10 heteroatoms. The van der Waals surface area contributed by atoms with Crippen LogP contribution in [-0.2, 0) is 0 Å². The van der Waals surface area contributed by atoms with Gasteiger partial charge in [0, 0.05) is 32.2 Å². The Kier molecular flexibility index (Phi) is 5.02. The minimum Gasteiger partial charge on any atom is -0.494 e. The van der Waals surface area contributed by atoms with Crippen LogP contribution in [0.15, 0.2) is 61.1 Å². The summed E-state index contributed by atoms with van der Waals surface area (Å²) in [5.41, 5.74) is 2.58. The number of methoxy groups -OCH3 is 1. The van der Waals surface area contributed by atoms with Crippen molar-refractivity contribution < 1.29 is 9.66 Å². The van der Waals surface area contributed by atoms with Crippen molar-refractivity contribution >= 4 is 28.2 Å². The Hall–Kier alpha value is -4.21. The molecule has 0 amide bonds. The lowest BCUT2D eigenvalue weighted by Crippen LogP contribution is -2.47. The van der Waals surface area contributed by atoms with Crippen molar-refractivity contribution in [2.75, 3.05) is 43.1 Å². The Bertz CT molecular complexity index is 1270. The molecule has 5 rings (SSSR count). The molecule has 1 saturated heterocycles. The molecule has 10 nitrogen and oxygen atoms in total. The lowest BCUT2D eigenvalue weighted by Gasteiger charge is -2.37. The van der Waals surface area contributed by atoms with Gasteiger partial charge in [-0.05, 0) is 18.2 Å². The van der Waals surface area contributed by atoms with E-state index in [1.807, 2.05) is 41.2 Å². The van der Waals surface area contributed by atoms with Gasteiger partial charge in [0.05, 0.1) is 41.1 Å². The largest absolute Gasteiger partial charge is 0.494 e. The Morgan fingerprint density at radius 2 is 1.75 bits per heavy atom. The number of nitrogens with zero attached hydrogens (tertiary/aromatic N) is 7. The van der Waals surface area contributed by atoms with Gasteiger partial charge < -0.3 is 14.5 Å². The molecule has 0 aliphatic carbocycles. The van der Waals surface area contributed by atoms with Crippen molar-refractivity contribution in [1.29, 1.82) is 0 Å². The third-order valence-corrected chi connectivity index (χ3v) is 5.64. The lowest BCUT2D eigenvalue weighted by atomic mass is 10.2. The van der Waals surface area contributed by atoms with E-state index >= 15 is 0 Å².